The van der Waals surface area contributed by atoms with Gasteiger partial charge in [0, 0.05) is 10.8 Å². The molecule has 0 aromatic rings. The van der Waals surface area contributed by atoms with E-state index >= 15 is 0 Å². The highest BCUT2D eigenvalue weighted by Gasteiger charge is 2.43. The van der Waals surface area contributed by atoms with Gasteiger partial charge < -0.3 is 41.0 Å². The van der Waals surface area contributed by atoms with Crippen molar-refractivity contribution in [1.29, 1.82) is 0 Å². The summed E-state index contributed by atoms with van der Waals surface area (Å²) < 4.78 is 32.3. The normalized spacial score (nSPS) is 13.9. The molecule has 17 heteroatoms. The number of aliphatic hydroxyl groups is 4. The summed E-state index contributed by atoms with van der Waals surface area (Å²) in [5, 5.41) is 38.7. The summed E-state index contributed by atoms with van der Waals surface area (Å²) >= 11 is 0. The second kappa shape index (κ2) is 25.5. The van der Waals surface area contributed by atoms with Gasteiger partial charge in [-0.15, -0.1) is 13.2 Å². The van der Waals surface area contributed by atoms with Crippen molar-refractivity contribution in [3.63, 3.8) is 0 Å². The first-order valence-corrected chi connectivity index (χ1v) is 45.0. The molecule has 0 fully saturated rings. The highest BCUT2D eigenvalue weighted by atomic mass is 28.5. The van der Waals surface area contributed by atoms with E-state index in [0.29, 0.717) is 12.8 Å². The van der Waals surface area contributed by atoms with Crippen molar-refractivity contribution in [3.05, 3.63) is 25.3 Å². The summed E-state index contributed by atoms with van der Waals surface area (Å²) in [6.45, 7) is 49.3. The van der Waals surface area contributed by atoms with Gasteiger partial charge in [-0.05, 0) is 162 Å². The Labute approximate surface area is 344 Å². The summed E-state index contributed by atoms with van der Waals surface area (Å²) in [4.78, 5) is 0. The van der Waals surface area contributed by atoms with E-state index in [4.69, 9.17) is 30.8 Å². The minimum absolute atomic E-state index is 0.00640. The molecule has 9 nitrogen and oxygen atoms in total. The van der Waals surface area contributed by atoms with Crippen molar-refractivity contribution < 1.29 is 41.0 Å². The van der Waals surface area contributed by atoms with Crippen molar-refractivity contribution in [2.45, 2.75) is 175 Å². The van der Waals surface area contributed by atoms with E-state index in [-0.39, 0.29) is 26.4 Å². The fraction of sp³-hybridized carbons (Fsp3) is 0.892. The van der Waals surface area contributed by atoms with Gasteiger partial charge in [-0.1, -0.05) is 25.0 Å². The average molecular weight is 906 g/mol. The first-order chi connectivity index (χ1) is 24.0. The Morgan fingerprint density at radius 2 is 0.722 bits per heavy atom. The molecule has 0 saturated heterocycles. The van der Waals surface area contributed by atoms with Crippen LogP contribution < -0.4 is 0 Å². The molecule has 0 aromatic carbocycles. The molecule has 0 aliphatic heterocycles. The van der Waals surface area contributed by atoms with E-state index in [2.05, 4.69) is 138 Å². The minimum Gasteiger partial charge on any atom is -0.458 e. The van der Waals surface area contributed by atoms with Crippen molar-refractivity contribution in [1.82, 2.24) is 0 Å². The molecule has 0 saturated carbocycles. The van der Waals surface area contributed by atoms with Crippen LogP contribution in [0.4, 0.5) is 0 Å². The van der Waals surface area contributed by atoms with Crippen LogP contribution in [0, 0.1) is 10.8 Å². The van der Waals surface area contributed by atoms with E-state index in [9.17, 15) is 10.2 Å². The molecular formula is C37H92O9Si8. The zero-order valence-corrected chi connectivity index (χ0v) is 47.1. The van der Waals surface area contributed by atoms with Crippen LogP contribution in [-0.4, -0.2) is 115 Å². The molecule has 0 aromatic heterocycles. The van der Waals surface area contributed by atoms with Gasteiger partial charge in [-0.25, -0.2) is 0 Å². The Bertz CT molecular complexity index is 913. The predicted molar refractivity (Wildman–Crippen MR) is 255 cm³/mol. The molecule has 54 heavy (non-hydrogen) atoms. The smallest absolute Gasteiger partial charge is 0.314 e. The maximum atomic E-state index is 10.3. The lowest BCUT2D eigenvalue weighted by molar-refractivity contribution is 0.0377. The molecule has 0 heterocycles. The van der Waals surface area contributed by atoms with Crippen LogP contribution in [0.15, 0.2) is 25.3 Å². The standard InChI is InChI=1S/C23H60O6Si6.C9H16O2.C5H16OSi2/c1-30(2,3)26-34(13,27-31(4,5)6)19-15-17-23(21-24,22-25)18-16-20-35(14,28-32(7,8)9)29-33(10,11)12;1-3-5-9(7-10,8-11)6-4-2;1-7(2)6-8(3,4)5/h24-25H,15-22H2,1-14H3;3-4,10-11H,1-2,5-8H2;7H,1-5H3. The van der Waals surface area contributed by atoms with E-state index in [1.54, 1.807) is 12.2 Å². The number of aliphatic hydroxyl groups excluding tert-OH is 4. The van der Waals surface area contributed by atoms with Crippen molar-refractivity contribution in [2.24, 2.45) is 10.8 Å². The summed E-state index contributed by atoms with van der Waals surface area (Å²) in [7, 11) is -13.5. The molecule has 0 aliphatic rings. The van der Waals surface area contributed by atoms with Crippen LogP contribution in [0.5, 0.6) is 0 Å². The van der Waals surface area contributed by atoms with Crippen LogP contribution in [-0.2, 0) is 20.6 Å². The topological polar surface area (TPSA) is 127 Å². The lowest BCUT2D eigenvalue weighted by Crippen LogP contribution is -2.52. The molecule has 0 radical (unpaired) electrons. The number of hydrogen-bond acceptors (Lipinski definition) is 9. The highest BCUT2D eigenvalue weighted by Crippen LogP contribution is 2.36. The minimum atomic E-state index is -2.32. The fourth-order valence-corrected chi connectivity index (χ4v) is 37.3. The summed E-state index contributed by atoms with van der Waals surface area (Å²) in [5.41, 5.74) is -0.926. The van der Waals surface area contributed by atoms with Gasteiger partial charge in [0.1, 0.15) is 0 Å². The molecule has 326 valence electrons. The van der Waals surface area contributed by atoms with Crippen LogP contribution in [0.25, 0.3) is 0 Å². The summed E-state index contributed by atoms with van der Waals surface area (Å²) in [5.74, 6) is 0. The van der Waals surface area contributed by atoms with Gasteiger partial charge in [-0.3, -0.25) is 0 Å². The Kier molecular flexibility index (Phi) is 27.9. The van der Waals surface area contributed by atoms with Gasteiger partial charge in [-0.2, -0.15) is 0 Å². The van der Waals surface area contributed by atoms with Gasteiger partial charge >= 0.3 is 17.1 Å². The van der Waals surface area contributed by atoms with Crippen molar-refractivity contribution in [2.75, 3.05) is 26.4 Å². The van der Waals surface area contributed by atoms with Crippen LogP contribution in [0.2, 0.25) is 136 Å². The highest BCUT2D eigenvalue weighted by molar-refractivity contribution is 6.88. The molecule has 0 spiro atoms. The molecule has 0 amide bonds. The Hall–Kier alpha value is 0.855. The third kappa shape index (κ3) is 32.8. The predicted octanol–water partition coefficient (Wildman–Crippen LogP) is 10.00. The van der Waals surface area contributed by atoms with E-state index in [1.807, 2.05) is 0 Å². The molecule has 0 aliphatic carbocycles. The molecule has 0 rings (SSSR count). The lowest BCUT2D eigenvalue weighted by atomic mass is 9.81. The molecular weight excluding hydrogens is 813 g/mol. The van der Waals surface area contributed by atoms with E-state index < -0.39 is 78.6 Å². The first kappa shape index (κ1) is 59.2. The van der Waals surface area contributed by atoms with Crippen LogP contribution in [0.3, 0.4) is 0 Å². The second-order valence-corrected chi connectivity index (χ2v) is 53.7. The molecule has 0 atom stereocenters. The monoisotopic (exact) mass is 904 g/mol. The summed E-state index contributed by atoms with van der Waals surface area (Å²) in [6, 6.07) is 1.79. The zero-order valence-electron chi connectivity index (χ0n) is 39.0. The van der Waals surface area contributed by atoms with Crippen molar-refractivity contribution >= 4 is 67.7 Å². The molecule has 4 N–H and O–H groups in total. The van der Waals surface area contributed by atoms with Gasteiger partial charge in [0.25, 0.3) is 0 Å². The second-order valence-electron chi connectivity index (χ2n) is 20.7. The van der Waals surface area contributed by atoms with E-state index in [0.717, 1.165) is 37.8 Å². The quantitative estimate of drug-likeness (QED) is 0.0496. The average Bonchev–Trinajstić information content (AvgIpc) is 2.91. The Balaban J connectivity index is -0.00000111. The lowest BCUT2D eigenvalue weighted by Gasteiger charge is -2.40. The fourth-order valence-electron chi connectivity index (χ4n) is 6.61. The zero-order chi connectivity index (χ0) is 43.5. The van der Waals surface area contributed by atoms with Crippen molar-refractivity contribution in [3.8, 4) is 0 Å². The van der Waals surface area contributed by atoms with Crippen LogP contribution in [0.1, 0.15) is 38.5 Å². The Morgan fingerprint density at radius 3 is 0.870 bits per heavy atom. The SMILES string of the molecule is C=CCC(CO)(CO)CC=C.C[SiH](C)O[Si](C)(C)C.C[Si](C)(C)O[Si](C)(CCCC(CO)(CO)CCC[Si](C)(O[Si](C)(C)C)O[Si](C)(C)C)O[Si](C)(C)C. The van der Waals surface area contributed by atoms with Crippen LogP contribution >= 0.6 is 0 Å². The first-order valence-electron chi connectivity index (χ1n) is 20.2. The number of rotatable bonds is 26. The molecule has 0 unspecified atom stereocenters. The third-order valence-corrected chi connectivity index (χ3v) is 31.8. The summed E-state index contributed by atoms with van der Waals surface area (Å²) in [6.07, 6.45) is 7.97. The number of allylic oxidation sites excluding steroid dienone is 2. The Morgan fingerprint density at radius 1 is 0.463 bits per heavy atom. The maximum Gasteiger partial charge on any atom is 0.314 e. The van der Waals surface area contributed by atoms with Gasteiger partial charge in [0.15, 0.2) is 50.6 Å². The maximum absolute atomic E-state index is 10.3. The van der Waals surface area contributed by atoms with Gasteiger partial charge in [0.2, 0.25) is 0 Å². The third-order valence-electron chi connectivity index (χ3n) is 7.85. The largest absolute Gasteiger partial charge is 0.458 e. The van der Waals surface area contributed by atoms with E-state index in [1.165, 1.54) is 0 Å². The molecule has 0 bridgehead atoms. The number of hydrogen-bond donors (Lipinski definition) is 4. The van der Waals surface area contributed by atoms with Gasteiger partial charge in [0.05, 0.1) is 26.4 Å².